The number of aromatic nitrogens is 2. The third kappa shape index (κ3) is 5.38. The van der Waals surface area contributed by atoms with E-state index >= 15 is 0 Å². The van der Waals surface area contributed by atoms with Crippen molar-refractivity contribution in [2.75, 3.05) is 50.6 Å². The van der Waals surface area contributed by atoms with Crippen LogP contribution in [0.15, 0.2) is 60.7 Å². The minimum atomic E-state index is -0.0592. The van der Waals surface area contributed by atoms with Crippen molar-refractivity contribution in [2.24, 2.45) is 0 Å². The minimum absolute atomic E-state index is 0.0592. The van der Waals surface area contributed by atoms with Gasteiger partial charge in [-0.1, -0.05) is 24.3 Å². The summed E-state index contributed by atoms with van der Waals surface area (Å²) in [7, 11) is 3.84. The predicted molar refractivity (Wildman–Crippen MR) is 122 cm³/mol. The monoisotopic (exact) mass is 418 g/mol. The summed E-state index contributed by atoms with van der Waals surface area (Å²) < 4.78 is 5.15. The van der Waals surface area contributed by atoms with E-state index in [0.29, 0.717) is 6.42 Å². The Bertz CT molecular complexity index is 996. The maximum atomic E-state index is 12.3. The first-order valence-electron chi connectivity index (χ1n) is 10.5. The molecule has 0 radical (unpaired) electrons. The number of nitrogens with zero attached hydrogens (tertiary/aromatic N) is 3. The lowest BCUT2D eigenvalue weighted by atomic mass is 10.1. The normalized spacial score (nSPS) is 14.3. The number of nitrogens with one attached hydrogen (secondary N) is 2. The zero-order chi connectivity index (χ0) is 21.6. The summed E-state index contributed by atoms with van der Waals surface area (Å²) >= 11 is 0. The summed E-state index contributed by atoms with van der Waals surface area (Å²) in [6.07, 6.45) is 0.312. The molecule has 0 aliphatic carbocycles. The van der Waals surface area contributed by atoms with Gasteiger partial charge in [-0.2, -0.15) is 0 Å². The third-order valence-electron chi connectivity index (χ3n) is 5.58. The van der Waals surface area contributed by atoms with Crippen LogP contribution in [0.1, 0.15) is 5.56 Å². The fourth-order valence-electron chi connectivity index (χ4n) is 3.62. The van der Waals surface area contributed by atoms with Crippen molar-refractivity contribution in [2.45, 2.75) is 6.42 Å². The van der Waals surface area contributed by atoms with Crippen LogP contribution < -0.4 is 19.9 Å². The molecule has 2 aromatic carbocycles. The molecule has 1 aliphatic rings. The van der Waals surface area contributed by atoms with Gasteiger partial charge in [-0.25, -0.2) is 0 Å². The van der Waals surface area contributed by atoms with E-state index in [4.69, 9.17) is 4.74 Å². The van der Waals surface area contributed by atoms with Gasteiger partial charge < -0.3 is 19.9 Å². The lowest BCUT2D eigenvalue weighted by molar-refractivity contribution is -0.880. The van der Waals surface area contributed by atoms with Gasteiger partial charge in [-0.3, -0.25) is 4.79 Å². The van der Waals surface area contributed by atoms with Gasteiger partial charge in [0.15, 0.2) is 5.82 Å². The lowest BCUT2D eigenvalue weighted by Gasteiger charge is -2.30. The number of ether oxygens (including phenoxy) is 1. The van der Waals surface area contributed by atoms with Crippen LogP contribution >= 0.6 is 0 Å². The van der Waals surface area contributed by atoms with E-state index in [-0.39, 0.29) is 5.91 Å². The molecule has 7 heteroatoms. The van der Waals surface area contributed by atoms with Gasteiger partial charge in [-0.05, 0) is 42.0 Å². The van der Waals surface area contributed by atoms with Gasteiger partial charge in [0.2, 0.25) is 5.91 Å². The minimum Gasteiger partial charge on any atom is -0.497 e. The summed E-state index contributed by atoms with van der Waals surface area (Å²) in [6, 6.07) is 19.2. The lowest BCUT2D eigenvalue weighted by Crippen LogP contribution is -3.12. The Balaban J connectivity index is 1.34. The first-order chi connectivity index (χ1) is 15.1. The molecule has 1 aromatic heterocycles. The van der Waals surface area contributed by atoms with E-state index in [0.717, 1.165) is 60.3 Å². The van der Waals surface area contributed by atoms with E-state index in [1.165, 1.54) is 0 Å². The third-order valence-corrected chi connectivity index (χ3v) is 5.58. The molecule has 0 saturated carbocycles. The molecule has 160 valence electrons. The van der Waals surface area contributed by atoms with Crippen molar-refractivity contribution < 1.29 is 14.4 Å². The van der Waals surface area contributed by atoms with E-state index in [1.54, 1.807) is 12.0 Å². The summed E-state index contributed by atoms with van der Waals surface area (Å²) in [4.78, 5) is 16.2. The first-order valence-corrected chi connectivity index (χ1v) is 10.5. The number of hydrogen-bond acceptors (Lipinski definition) is 5. The maximum Gasteiger partial charge on any atom is 0.228 e. The Hall–Kier alpha value is -3.45. The second kappa shape index (κ2) is 9.57. The number of likely N-dealkylation sites (N-methyl/N-ethyl adjacent to an activating group) is 1. The van der Waals surface area contributed by atoms with Crippen LogP contribution in [0, 0.1) is 0 Å². The molecular weight excluding hydrogens is 390 g/mol. The largest absolute Gasteiger partial charge is 0.497 e. The molecule has 2 N–H and O–H groups in total. The smallest absolute Gasteiger partial charge is 0.228 e. The van der Waals surface area contributed by atoms with Crippen LogP contribution in [-0.4, -0.2) is 56.4 Å². The number of rotatable bonds is 6. The van der Waals surface area contributed by atoms with Crippen LogP contribution in [-0.2, 0) is 11.2 Å². The summed E-state index contributed by atoms with van der Waals surface area (Å²) in [5.41, 5.74) is 3.48. The molecule has 1 aliphatic heterocycles. The Morgan fingerprint density at radius 1 is 1.00 bits per heavy atom. The van der Waals surface area contributed by atoms with E-state index in [2.05, 4.69) is 27.5 Å². The number of carbonyl (C=O) groups is 1. The summed E-state index contributed by atoms with van der Waals surface area (Å²) in [6.45, 7) is 4.25. The Morgan fingerprint density at radius 2 is 1.71 bits per heavy atom. The quantitative estimate of drug-likeness (QED) is 0.637. The molecule has 1 saturated heterocycles. The van der Waals surface area contributed by atoms with Gasteiger partial charge in [0.05, 0.1) is 52.5 Å². The van der Waals surface area contributed by atoms with Crippen LogP contribution in [0.4, 0.5) is 11.5 Å². The van der Waals surface area contributed by atoms with Crippen molar-refractivity contribution in [1.29, 1.82) is 0 Å². The molecule has 0 spiro atoms. The zero-order valence-electron chi connectivity index (χ0n) is 18.0. The molecule has 3 aromatic rings. The van der Waals surface area contributed by atoms with Crippen molar-refractivity contribution in [1.82, 2.24) is 10.2 Å². The van der Waals surface area contributed by atoms with Gasteiger partial charge >= 0.3 is 0 Å². The Kier molecular flexibility index (Phi) is 6.43. The van der Waals surface area contributed by atoms with E-state index < -0.39 is 0 Å². The van der Waals surface area contributed by atoms with E-state index in [1.807, 2.05) is 60.7 Å². The molecule has 0 atom stereocenters. The predicted octanol–water partition coefficient (Wildman–Crippen LogP) is 1.67. The highest BCUT2D eigenvalue weighted by atomic mass is 16.5. The number of anilines is 2. The SMILES string of the molecule is COc1ccc(CC(=O)Nc2ccc(-c3ccc(N4CC[NH+](C)CC4)nn3)cc2)cc1. The number of methoxy groups -OCH3 is 1. The Labute approximate surface area is 182 Å². The van der Waals surface area contributed by atoms with Crippen LogP contribution in [0.2, 0.25) is 0 Å². The average Bonchev–Trinajstić information content (AvgIpc) is 2.81. The first kappa shape index (κ1) is 20.8. The summed E-state index contributed by atoms with van der Waals surface area (Å²) in [5, 5.41) is 11.8. The topological polar surface area (TPSA) is 71.8 Å². The fourth-order valence-corrected chi connectivity index (χ4v) is 3.62. The van der Waals surface area contributed by atoms with Gasteiger partial charge in [0.1, 0.15) is 5.75 Å². The number of quaternary nitrogens is 1. The average molecular weight is 419 g/mol. The second-order valence-corrected chi connectivity index (χ2v) is 7.87. The molecule has 0 unspecified atom stereocenters. The number of carbonyl (C=O) groups excluding carboxylic acids is 1. The highest BCUT2D eigenvalue weighted by Crippen LogP contribution is 2.21. The second-order valence-electron chi connectivity index (χ2n) is 7.87. The van der Waals surface area contributed by atoms with Crippen LogP contribution in [0.5, 0.6) is 5.75 Å². The molecule has 31 heavy (non-hydrogen) atoms. The number of benzene rings is 2. The van der Waals surface area contributed by atoms with Crippen LogP contribution in [0.3, 0.4) is 0 Å². The van der Waals surface area contributed by atoms with Crippen LogP contribution in [0.25, 0.3) is 11.3 Å². The van der Waals surface area contributed by atoms with Crippen molar-refractivity contribution in [3.8, 4) is 17.0 Å². The molecule has 7 nitrogen and oxygen atoms in total. The zero-order valence-corrected chi connectivity index (χ0v) is 18.0. The van der Waals surface area contributed by atoms with Gasteiger partial charge in [0.25, 0.3) is 0 Å². The maximum absolute atomic E-state index is 12.3. The number of hydrogen-bond donors (Lipinski definition) is 2. The summed E-state index contributed by atoms with van der Waals surface area (Å²) in [5.74, 6) is 1.65. The fraction of sp³-hybridized carbons (Fsp3) is 0.292. The highest BCUT2D eigenvalue weighted by Gasteiger charge is 2.18. The van der Waals surface area contributed by atoms with Crippen molar-refractivity contribution in [3.63, 3.8) is 0 Å². The standard InChI is InChI=1S/C24H27N5O2/c1-28-13-15-29(16-14-28)23-12-11-22(26-27-23)19-5-7-20(8-6-19)25-24(30)17-18-3-9-21(31-2)10-4-18/h3-12H,13-17H2,1-2H3,(H,25,30)/p+1. The molecule has 0 bridgehead atoms. The number of amides is 1. The van der Waals surface area contributed by atoms with Gasteiger partial charge in [-0.15, -0.1) is 10.2 Å². The highest BCUT2D eigenvalue weighted by molar-refractivity contribution is 5.92. The van der Waals surface area contributed by atoms with Crippen molar-refractivity contribution >= 4 is 17.4 Å². The van der Waals surface area contributed by atoms with Gasteiger partial charge in [0, 0.05) is 11.3 Å². The van der Waals surface area contributed by atoms with Crippen molar-refractivity contribution in [3.05, 3.63) is 66.2 Å². The molecular formula is C24H28N5O2+. The molecule has 4 rings (SSSR count). The Morgan fingerprint density at radius 3 is 2.32 bits per heavy atom. The van der Waals surface area contributed by atoms with E-state index in [9.17, 15) is 4.79 Å². The molecule has 1 fully saturated rings. The molecule has 2 heterocycles. The number of piperazine rings is 1. The molecule has 1 amide bonds.